The Morgan fingerprint density at radius 1 is 0.547 bits per heavy atom. The topological polar surface area (TPSA) is 273 Å². The lowest BCUT2D eigenvalue weighted by atomic mass is 10.1. The number of ether oxygens (including phenoxy) is 5. The summed E-state index contributed by atoms with van der Waals surface area (Å²) in [7, 11) is 0. The van der Waals surface area contributed by atoms with Gasteiger partial charge in [0.05, 0.1) is 96.6 Å². The number of benzene rings is 2. The lowest BCUT2D eigenvalue weighted by molar-refractivity contribution is -0.0586. The van der Waals surface area contributed by atoms with Crippen LogP contribution in [0.5, 0.6) is 11.5 Å². The molecule has 0 bridgehead atoms. The lowest BCUT2D eigenvalue weighted by Crippen LogP contribution is -2.48. The van der Waals surface area contributed by atoms with Crippen molar-refractivity contribution in [3.8, 4) is 34.0 Å². The fourth-order valence-electron chi connectivity index (χ4n) is 11.3. The number of carbonyl (C=O) groups excluding carboxylic acids is 2. The molecule has 0 aliphatic carbocycles. The Morgan fingerprint density at radius 2 is 0.968 bits per heavy atom. The van der Waals surface area contributed by atoms with E-state index in [0.29, 0.717) is 121 Å². The summed E-state index contributed by atoms with van der Waals surface area (Å²) < 4.78 is 85.8. The van der Waals surface area contributed by atoms with Crippen LogP contribution < -0.4 is 30.7 Å². The van der Waals surface area contributed by atoms with Crippen molar-refractivity contribution in [2.45, 2.75) is 144 Å². The first kappa shape index (κ1) is 72.0. The molecule has 6 unspecified atom stereocenters. The zero-order chi connectivity index (χ0) is 68.8. The highest BCUT2D eigenvalue weighted by molar-refractivity contribution is 6.28. The van der Waals surface area contributed by atoms with Gasteiger partial charge in [-0.3, -0.25) is 14.6 Å². The van der Waals surface area contributed by atoms with Gasteiger partial charge in [-0.25, -0.2) is 52.3 Å². The van der Waals surface area contributed by atoms with Gasteiger partial charge in [-0.05, 0) is 161 Å². The number of amides is 2. The van der Waals surface area contributed by atoms with Gasteiger partial charge in [-0.15, -0.1) is 0 Å². The molecule has 2 amide bonds. The van der Waals surface area contributed by atoms with Gasteiger partial charge >= 0.3 is 5.97 Å². The summed E-state index contributed by atoms with van der Waals surface area (Å²) >= 11 is 5.71. The van der Waals surface area contributed by atoms with Crippen molar-refractivity contribution in [3.05, 3.63) is 148 Å². The van der Waals surface area contributed by atoms with E-state index in [4.69, 9.17) is 51.9 Å². The molecule has 5 N–H and O–H groups in total. The highest BCUT2D eigenvalue weighted by atomic mass is 35.5. The number of pyridine rings is 3. The highest BCUT2D eigenvalue weighted by Gasteiger charge is 2.31. The summed E-state index contributed by atoms with van der Waals surface area (Å²) in [6.07, 6.45) is 11.5. The average Bonchev–Trinajstić information content (AvgIpc) is 0.800. The molecule has 6 atom stereocenters. The fourth-order valence-corrected chi connectivity index (χ4v) is 11.5. The van der Waals surface area contributed by atoms with E-state index in [1.807, 2.05) is 65.2 Å². The number of nitrogen functional groups attached to an aromatic ring is 2. The third-order valence-corrected chi connectivity index (χ3v) is 15.9. The van der Waals surface area contributed by atoms with Crippen LogP contribution in [0.2, 0.25) is 5.28 Å². The van der Waals surface area contributed by atoms with Crippen LogP contribution in [0.15, 0.2) is 91.6 Å². The number of nitrogens with zero attached hydrogens (tertiary/aromatic N) is 11. The number of anilines is 4. The molecule has 7 aromatic rings. The van der Waals surface area contributed by atoms with Crippen molar-refractivity contribution >= 4 is 52.4 Å². The first-order valence-corrected chi connectivity index (χ1v) is 31.9. The van der Waals surface area contributed by atoms with E-state index in [0.717, 1.165) is 12.4 Å². The SMILES string of the molecule is CC(C)N1CCOc2c(F)cc(-c3nc(Cl)ncc3F)cc21.CC1CCCC(C)O1.CC1CN(C(=O)c2ccc(Cc3ncc(F)c(-c4cc(F)c5c(c4)N(C(C)C)CCO5)n3)nc2)CC(C)O1.CC1CN(C(=O)c2ccc(N)nc2)CC(C)O1.Nc1ccc(C(=O)O)cn1. The van der Waals surface area contributed by atoms with Crippen LogP contribution in [0.1, 0.15) is 131 Å². The molecular weight excluding hydrogens is 1250 g/mol. The van der Waals surface area contributed by atoms with E-state index in [9.17, 15) is 31.9 Å². The van der Waals surface area contributed by atoms with Gasteiger partial charge in [0.25, 0.3) is 11.8 Å². The van der Waals surface area contributed by atoms with Crippen LogP contribution >= 0.6 is 11.6 Å². The standard InChI is InChI=1S/C28H31F2N5O3.C15H14ClF2N3O.C12H17N3O2.C7H14O.C6H6N2O2/c1-16(2)35-7-8-37-27-22(29)9-20(10-24(27)35)26-23(30)13-32-25(33-26)11-21-6-5-19(12-31-21)28(36)34-14-17(3)38-18(4)15-34;1-8(2)21-3-4-22-14-10(17)5-9(6-12(14)21)13-11(18)7-19-15(16)20-13;1-8-6-15(7-9(2)17-8)12(16)10-3-4-11(13)14-5-10;1-6-4-3-5-7(2)8-6;7-5-2-1-4(3-8-5)6(9)10/h5-6,9-10,12-13,16-18H,7-8,11,14-15H2,1-4H3;5-8H,3-4H2,1-2H3;3-5,8-9H,6-7H2,1-2H3,(H2,13,14);6-7H,3-5H2,1-2H3;1-3H,(H2,7,8)(H,9,10). The molecule has 0 saturated carbocycles. The number of nitrogens with two attached hydrogens (primary N) is 2. The van der Waals surface area contributed by atoms with E-state index >= 15 is 0 Å². The van der Waals surface area contributed by atoms with Crippen molar-refractivity contribution in [1.82, 2.24) is 44.7 Å². The third kappa shape index (κ3) is 19.6. The molecule has 3 fully saturated rings. The molecule has 3 saturated heterocycles. The Kier molecular flexibility index (Phi) is 25.0. The van der Waals surface area contributed by atoms with Crippen LogP contribution in [-0.2, 0) is 20.6 Å². The summed E-state index contributed by atoms with van der Waals surface area (Å²) in [5.74, 6) is -2.09. The predicted molar refractivity (Wildman–Crippen MR) is 353 cm³/mol. The number of hydrogen-bond donors (Lipinski definition) is 3. The average molecular weight is 1340 g/mol. The normalized spacial score (nSPS) is 19.7. The van der Waals surface area contributed by atoms with Crippen LogP contribution in [0.4, 0.5) is 40.6 Å². The lowest BCUT2D eigenvalue weighted by Gasteiger charge is -2.35. The molecule has 5 aliphatic rings. The van der Waals surface area contributed by atoms with Gasteiger partial charge in [0.2, 0.25) is 5.28 Å². The Hall–Kier alpha value is -8.85. The highest BCUT2D eigenvalue weighted by Crippen LogP contribution is 2.41. The number of halogens is 5. The van der Waals surface area contributed by atoms with Crippen LogP contribution in [0.25, 0.3) is 22.5 Å². The molecule has 5 aliphatic heterocycles. The van der Waals surface area contributed by atoms with Gasteiger partial charge < -0.3 is 59.9 Å². The van der Waals surface area contributed by atoms with Crippen molar-refractivity contribution in [2.24, 2.45) is 0 Å². The Balaban J connectivity index is 0.000000171. The molecule has 12 rings (SSSR count). The maximum Gasteiger partial charge on any atom is 0.337 e. The van der Waals surface area contributed by atoms with Crippen LogP contribution in [0.3, 0.4) is 0 Å². The van der Waals surface area contributed by atoms with Crippen LogP contribution in [-0.4, -0.2) is 169 Å². The molecular formula is C68H82ClF4N13O9. The molecule has 22 nitrogen and oxygen atoms in total. The minimum absolute atomic E-state index is 0.00772. The van der Waals surface area contributed by atoms with Crippen molar-refractivity contribution in [2.75, 3.05) is 73.7 Å². The number of aromatic nitrogens is 7. The molecule has 508 valence electrons. The molecule has 2 aromatic carbocycles. The van der Waals surface area contributed by atoms with Gasteiger partial charge in [-0.2, -0.15) is 0 Å². The zero-order valence-electron chi connectivity index (χ0n) is 54.9. The second-order valence-electron chi connectivity index (χ2n) is 24.3. The molecule has 0 spiro atoms. The largest absolute Gasteiger partial charge is 0.486 e. The number of morpholine rings is 2. The molecule has 0 radical (unpaired) electrons. The second kappa shape index (κ2) is 33.0. The quantitative estimate of drug-likeness (QED) is 0.0895. The smallest absolute Gasteiger partial charge is 0.337 e. The van der Waals surface area contributed by atoms with E-state index < -0.39 is 29.2 Å². The molecule has 95 heavy (non-hydrogen) atoms. The molecule has 27 heteroatoms. The number of carbonyl (C=O) groups is 3. The third-order valence-electron chi connectivity index (χ3n) is 15.7. The summed E-state index contributed by atoms with van der Waals surface area (Å²) in [4.78, 5) is 70.8. The number of hydrogen-bond acceptors (Lipinski definition) is 19. The summed E-state index contributed by atoms with van der Waals surface area (Å²) in [5.41, 5.74) is 14.3. The van der Waals surface area contributed by atoms with E-state index in [-0.39, 0.29) is 88.5 Å². The Morgan fingerprint density at radius 3 is 1.37 bits per heavy atom. The van der Waals surface area contributed by atoms with E-state index in [2.05, 4.69) is 48.7 Å². The molecule has 5 aromatic heterocycles. The minimum atomic E-state index is -0.993. The number of fused-ring (bicyclic) bond motifs is 2. The first-order chi connectivity index (χ1) is 45.2. The van der Waals surface area contributed by atoms with Crippen LogP contribution in [0, 0.1) is 23.3 Å². The summed E-state index contributed by atoms with van der Waals surface area (Å²) in [5, 5.41) is 8.30. The number of rotatable bonds is 9. The van der Waals surface area contributed by atoms with Crippen molar-refractivity contribution in [3.63, 3.8) is 0 Å². The van der Waals surface area contributed by atoms with Gasteiger partial charge in [0, 0.05) is 73.7 Å². The summed E-state index contributed by atoms with van der Waals surface area (Å²) in [6, 6.07) is 15.8. The van der Waals surface area contributed by atoms with E-state index in [1.165, 1.54) is 62.1 Å². The maximum absolute atomic E-state index is 14.9. The fraction of sp³-hybridized carbons (Fsp3) is 0.441. The zero-order valence-corrected chi connectivity index (χ0v) is 55.7. The van der Waals surface area contributed by atoms with Gasteiger partial charge in [0.1, 0.15) is 42.1 Å². The first-order valence-electron chi connectivity index (χ1n) is 31.5. The number of aromatic carboxylic acids is 1. The minimum Gasteiger partial charge on any atom is -0.486 e. The monoisotopic (exact) mass is 1340 g/mol. The molecule has 10 heterocycles. The number of carboxylic acid groups (broad SMARTS) is 1. The second-order valence-corrected chi connectivity index (χ2v) is 24.6. The van der Waals surface area contributed by atoms with Gasteiger partial charge in [-0.1, -0.05) is 0 Å². The Bertz CT molecular complexity index is 3730. The van der Waals surface area contributed by atoms with Gasteiger partial charge in [0.15, 0.2) is 34.8 Å². The van der Waals surface area contributed by atoms with E-state index in [1.54, 1.807) is 46.2 Å². The number of carboxylic acids is 1. The predicted octanol–water partition coefficient (Wildman–Crippen LogP) is 11.2. The van der Waals surface area contributed by atoms with Crippen molar-refractivity contribution < 1.29 is 60.7 Å². The Labute approximate surface area is 555 Å². The summed E-state index contributed by atoms with van der Waals surface area (Å²) in [6.45, 7) is 24.5. The van der Waals surface area contributed by atoms with Crippen molar-refractivity contribution in [1.29, 1.82) is 0 Å². The maximum atomic E-state index is 14.9.